The number of rotatable bonds is 4. The molecule has 0 atom stereocenters. The minimum Gasteiger partial charge on any atom is -0.207 e. The molecule has 1 aromatic rings. The maximum atomic E-state index is 12.9. The van der Waals surface area contributed by atoms with Crippen molar-refractivity contribution in [3.05, 3.63) is 35.6 Å². The topological polar surface area (TPSA) is 0 Å². The van der Waals surface area contributed by atoms with Gasteiger partial charge < -0.3 is 0 Å². The lowest BCUT2D eigenvalue weighted by molar-refractivity contribution is 0.293. The van der Waals surface area contributed by atoms with E-state index in [2.05, 4.69) is 13.8 Å². The molecule has 0 aromatic heterocycles. The summed E-state index contributed by atoms with van der Waals surface area (Å²) >= 11 is 0. The van der Waals surface area contributed by atoms with Gasteiger partial charge in [0.05, 0.1) is 0 Å². The molecule has 1 aliphatic carbocycles. The van der Waals surface area contributed by atoms with Crippen LogP contribution in [0.4, 0.5) is 4.39 Å². The molecule has 0 nitrogen and oxygen atoms in total. The van der Waals surface area contributed by atoms with E-state index in [1.165, 1.54) is 44.1 Å². The van der Waals surface area contributed by atoms with Crippen molar-refractivity contribution in [3.8, 4) is 0 Å². The molecule has 0 N–H and O–H groups in total. The van der Waals surface area contributed by atoms with Gasteiger partial charge in [-0.25, -0.2) is 4.39 Å². The van der Waals surface area contributed by atoms with Gasteiger partial charge in [0.1, 0.15) is 5.82 Å². The monoisotopic (exact) mass is 248 g/mol. The number of hydrogen-bond donors (Lipinski definition) is 0. The summed E-state index contributed by atoms with van der Waals surface area (Å²) < 4.78 is 12.9. The molecule has 2 rings (SSSR count). The van der Waals surface area contributed by atoms with Crippen LogP contribution in [0.5, 0.6) is 0 Å². The summed E-state index contributed by atoms with van der Waals surface area (Å²) in [7, 11) is 0. The summed E-state index contributed by atoms with van der Waals surface area (Å²) in [4.78, 5) is 0. The number of halogens is 1. The fraction of sp³-hybridized carbons (Fsp3) is 0.647. The van der Waals surface area contributed by atoms with E-state index in [9.17, 15) is 4.39 Å². The van der Waals surface area contributed by atoms with Crippen molar-refractivity contribution < 1.29 is 4.39 Å². The average molecular weight is 248 g/mol. The van der Waals surface area contributed by atoms with E-state index >= 15 is 0 Å². The largest absolute Gasteiger partial charge is 0.207 e. The lowest BCUT2D eigenvalue weighted by atomic mass is 9.76. The van der Waals surface area contributed by atoms with E-state index in [4.69, 9.17) is 0 Å². The van der Waals surface area contributed by atoms with Gasteiger partial charge in [0.15, 0.2) is 0 Å². The Morgan fingerprint density at radius 1 is 1.06 bits per heavy atom. The number of benzene rings is 1. The molecule has 1 aliphatic rings. The SMILES string of the molecule is CC(C)CC[C@H]1CC[C@H](c2ccc(F)cc2)CC1. The van der Waals surface area contributed by atoms with Gasteiger partial charge in [0, 0.05) is 0 Å². The van der Waals surface area contributed by atoms with Gasteiger partial charge in [-0.2, -0.15) is 0 Å². The summed E-state index contributed by atoms with van der Waals surface area (Å²) in [6.45, 7) is 4.62. The van der Waals surface area contributed by atoms with Crippen molar-refractivity contribution >= 4 is 0 Å². The van der Waals surface area contributed by atoms with Gasteiger partial charge in [0.25, 0.3) is 0 Å². The Kier molecular flexibility index (Phi) is 4.79. The second-order valence-corrected chi connectivity index (χ2v) is 6.24. The summed E-state index contributed by atoms with van der Waals surface area (Å²) in [6.07, 6.45) is 8.05. The standard InChI is InChI=1S/C17H25F/c1-13(2)3-4-14-5-7-15(8-6-14)16-9-11-17(18)12-10-16/h9-15H,3-8H2,1-2H3/t14-,15-. The van der Waals surface area contributed by atoms with E-state index in [-0.39, 0.29) is 5.82 Å². The first kappa shape index (κ1) is 13.6. The average Bonchev–Trinajstić information content (AvgIpc) is 2.38. The highest BCUT2D eigenvalue weighted by molar-refractivity contribution is 5.20. The molecule has 100 valence electrons. The Balaban J connectivity index is 1.81. The molecule has 0 radical (unpaired) electrons. The van der Waals surface area contributed by atoms with E-state index in [1.807, 2.05) is 12.1 Å². The third-order valence-corrected chi connectivity index (χ3v) is 4.34. The molecule has 0 unspecified atom stereocenters. The Labute approximate surface area is 111 Å². The molecule has 0 heterocycles. The maximum Gasteiger partial charge on any atom is 0.123 e. The van der Waals surface area contributed by atoms with Crippen LogP contribution in [-0.2, 0) is 0 Å². The van der Waals surface area contributed by atoms with Crippen LogP contribution in [-0.4, -0.2) is 0 Å². The van der Waals surface area contributed by atoms with Crippen molar-refractivity contribution in [2.75, 3.05) is 0 Å². The van der Waals surface area contributed by atoms with Crippen LogP contribution in [0.1, 0.15) is 63.9 Å². The van der Waals surface area contributed by atoms with Crippen LogP contribution < -0.4 is 0 Å². The summed E-state index contributed by atoms with van der Waals surface area (Å²) in [5, 5.41) is 0. The minimum absolute atomic E-state index is 0.121. The molecule has 1 saturated carbocycles. The summed E-state index contributed by atoms with van der Waals surface area (Å²) in [5.41, 5.74) is 1.33. The fourth-order valence-electron chi connectivity index (χ4n) is 3.09. The first-order chi connectivity index (χ1) is 8.65. The molecule has 0 spiro atoms. The van der Waals surface area contributed by atoms with Crippen LogP contribution in [0, 0.1) is 17.7 Å². The van der Waals surface area contributed by atoms with E-state index in [0.717, 1.165) is 11.8 Å². The third kappa shape index (κ3) is 3.83. The molecule has 1 aromatic carbocycles. The van der Waals surface area contributed by atoms with Crippen molar-refractivity contribution in [3.63, 3.8) is 0 Å². The minimum atomic E-state index is -0.121. The molecule has 0 aliphatic heterocycles. The van der Waals surface area contributed by atoms with Crippen molar-refractivity contribution in [2.45, 2.75) is 58.3 Å². The molecule has 18 heavy (non-hydrogen) atoms. The van der Waals surface area contributed by atoms with Crippen LogP contribution in [0.2, 0.25) is 0 Å². The highest BCUT2D eigenvalue weighted by Crippen LogP contribution is 2.37. The molecule has 1 fully saturated rings. The van der Waals surface area contributed by atoms with Crippen LogP contribution in [0.25, 0.3) is 0 Å². The van der Waals surface area contributed by atoms with Gasteiger partial charge in [0.2, 0.25) is 0 Å². The molecular weight excluding hydrogens is 223 g/mol. The lowest BCUT2D eigenvalue weighted by Gasteiger charge is -2.29. The molecular formula is C17H25F. The van der Waals surface area contributed by atoms with E-state index in [0.29, 0.717) is 5.92 Å². The van der Waals surface area contributed by atoms with Gasteiger partial charge in [-0.15, -0.1) is 0 Å². The van der Waals surface area contributed by atoms with E-state index in [1.54, 1.807) is 12.1 Å². The zero-order valence-electron chi connectivity index (χ0n) is 11.7. The summed E-state index contributed by atoms with van der Waals surface area (Å²) in [5.74, 6) is 2.31. The Morgan fingerprint density at radius 3 is 2.22 bits per heavy atom. The van der Waals surface area contributed by atoms with Crippen LogP contribution in [0.3, 0.4) is 0 Å². The Morgan fingerprint density at radius 2 is 1.67 bits per heavy atom. The van der Waals surface area contributed by atoms with Gasteiger partial charge in [-0.1, -0.05) is 38.8 Å². The third-order valence-electron chi connectivity index (χ3n) is 4.34. The molecule has 0 amide bonds. The predicted octanol–water partition coefficient (Wildman–Crippen LogP) is 5.54. The zero-order valence-corrected chi connectivity index (χ0v) is 11.7. The molecule has 0 bridgehead atoms. The Bertz CT molecular complexity index is 344. The quantitative estimate of drug-likeness (QED) is 0.656. The normalized spacial score (nSPS) is 24.4. The number of hydrogen-bond acceptors (Lipinski definition) is 0. The summed E-state index contributed by atoms with van der Waals surface area (Å²) in [6, 6.07) is 7.13. The van der Waals surface area contributed by atoms with Crippen molar-refractivity contribution in [2.24, 2.45) is 11.8 Å². The molecule has 1 heteroatoms. The van der Waals surface area contributed by atoms with Crippen molar-refractivity contribution in [1.82, 2.24) is 0 Å². The first-order valence-corrected chi connectivity index (χ1v) is 7.40. The highest BCUT2D eigenvalue weighted by atomic mass is 19.1. The van der Waals surface area contributed by atoms with Crippen molar-refractivity contribution in [1.29, 1.82) is 0 Å². The van der Waals surface area contributed by atoms with Gasteiger partial charge in [-0.3, -0.25) is 0 Å². The second-order valence-electron chi connectivity index (χ2n) is 6.24. The zero-order chi connectivity index (χ0) is 13.0. The fourth-order valence-corrected chi connectivity index (χ4v) is 3.09. The predicted molar refractivity (Wildman–Crippen MR) is 75.2 cm³/mol. The smallest absolute Gasteiger partial charge is 0.123 e. The van der Waals surface area contributed by atoms with E-state index < -0.39 is 0 Å². The second kappa shape index (κ2) is 6.36. The van der Waals surface area contributed by atoms with Gasteiger partial charge >= 0.3 is 0 Å². The maximum absolute atomic E-state index is 12.9. The van der Waals surface area contributed by atoms with Crippen LogP contribution >= 0.6 is 0 Å². The first-order valence-electron chi connectivity index (χ1n) is 7.40. The lowest BCUT2D eigenvalue weighted by Crippen LogP contribution is -2.14. The Hall–Kier alpha value is -0.850. The molecule has 0 saturated heterocycles. The van der Waals surface area contributed by atoms with Gasteiger partial charge in [-0.05, 0) is 61.1 Å². The van der Waals surface area contributed by atoms with Crippen LogP contribution in [0.15, 0.2) is 24.3 Å². The highest BCUT2D eigenvalue weighted by Gasteiger charge is 2.22.